The van der Waals surface area contributed by atoms with E-state index < -0.39 is 0 Å². The van der Waals surface area contributed by atoms with Crippen molar-refractivity contribution < 1.29 is 9.53 Å². The van der Waals surface area contributed by atoms with Gasteiger partial charge in [0.05, 0.1) is 12.5 Å². The molecule has 0 aliphatic rings. The Hall–Kier alpha value is -0.530. The predicted molar refractivity (Wildman–Crippen MR) is 73.0 cm³/mol. The number of carbonyl (C=O) groups is 1. The van der Waals surface area contributed by atoms with Crippen molar-refractivity contribution in [2.24, 2.45) is 11.3 Å². The molecule has 2 nitrogen and oxygen atoms in total. The highest BCUT2D eigenvalue weighted by atomic mass is 16.5. The van der Waals surface area contributed by atoms with Crippen LogP contribution in [0.4, 0.5) is 0 Å². The molecule has 0 aliphatic heterocycles. The molecule has 0 spiro atoms. The largest absolute Gasteiger partial charge is 0.465 e. The van der Waals surface area contributed by atoms with Crippen LogP contribution in [0.3, 0.4) is 0 Å². The second kappa shape index (κ2) is 8.54. The molecule has 0 aromatic carbocycles. The van der Waals surface area contributed by atoms with Gasteiger partial charge in [-0.3, -0.25) is 4.79 Å². The maximum Gasteiger partial charge on any atom is 0.309 e. The fourth-order valence-corrected chi connectivity index (χ4v) is 2.00. The fraction of sp³-hybridized carbons (Fsp3) is 0.933. The lowest BCUT2D eigenvalue weighted by molar-refractivity contribution is -0.152. The Labute approximate surface area is 107 Å². The van der Waals surface area contributed by atoms with Crippen molar-refractivity contribution in [3.63, 3.8) is 0 Å². The van der Waals surface area contributed by atoms with Gasteiger partial charge in [-0.25, -0.2) is 0 Å². The Morgan fingerprint density at radius 1 is 1.06 bits per heavy atom. The van der Waals surface area contributed by atoms with Gasteiger partial charge in [0, 0.05) is 0 Å². The van der Waals surface area contributed by atoms with Crippen LogP contribution >= 0.6 is 0 Å². The zero-order valence-corrected chi connectivity index (χ0v) is 12.3. The molecule has 0 fully saturated rings. The smallest absolute Gasteiger partial charge is 0.309 e. The minimum atomic E-state index is -0.00384. The number of esters is 1. The highest BCUT2D eigenvalue weighted by Crippen LogP contribution is 2.30. The van der Waals surface area contributed by atoms with E-state index in [4.69, 9.17) is 4.74 Å². The van der Waals surface area contributed by atoms with Crippen LogP contribution in [0.2, 0.25) is 0 Å². The summed E-state index contributed by atoms with van der Waals surface area (Å²) >= 11 is 0. The number of hydrogen-bond donors (Lipinski definition) is 0. The Kier molecular flexibility index (Phi) is 8.28. The maximum atomic E-state index is 12.0. The summed E-state index contributed by atoms with van der Waals surface area (Å²) in [5, 5.41) is 0. The molecule has 0 bridgehead atoms. The number of unbranched alkanes of at least 4 members (excludes halogenated alkanes) is 3. The van der Waals surface area contributed by atoms with E-state index in [1.54, 1.807) is 0 Å². The average Bonchev–Trinajstić information content (AvgIpc) is 2.23. The van der Waals surface area contributed by atoms with Crippen LogP contribution in [0.15, 0.2) is 0 Å². The molecule has 0 rings (SSSR count). The molecule has 102 valence electrons. The van der Waals surface area contributed by atoms with Crippen molar-refractivity contribution >= 4 is 5.97 Å². The van der Waals surface area contributed by atoms with E-state index in [-0.39, 0.29) is 17.3 Å². The fourth-order valence-electron chi connectivity index (χ4n) is 2.00. The van der Waals surface area contributed by atoms with Crippen molar-refractivity contribution in [2.45, 2.75) is 73.1 Å². The predicted octanol–water partition coefficient (Wildman–Crippen LogP) is 4.57. The molecule has 1 atom stereocenters. The molecular weight excluding hydrogens is 212 g/mol. The summed E-state index contributed by atoms with van der Waals surface area (Å²) in [7, 11) is 0. The standard InChI is InChI=1S/C15H30O2/c1-6-8-9-10-12-17-14(16)13(11-7-2)15(3,4)5/h13H,6-12H2,1-5H3. The van der Waals surface area contributed by atoms with Gasteiger partial charge >= 0.3 is 5.97 Å². The number of ether oxygens (including phenoxy) is 1. The van der Waals surface area contributed by atoms with Crippen molar-refractivity contribution in [3.8, 4) is 0 Å². The van der Waals surface area contributed by atoms with Gasteiger partial charge in [-0.2, -0.15) is 0 Å². The van der Waals surface area contributed by atoms with Gasteiger partial charge in [0.25, 0.3) is 0 Å². The second-order valence-corrected chi connectivity index (χ2v) is 5.94. The van der Waals surface area contributed by atoms with Gasteiger partial charge in [-0.15, -0.1) is 0 Å². The molecule has 17 heavy (non-hydrogen) atoms. The van der Waals surface area contributed by atoms with Gasteiger partial charge in [0.2, 0.25) is 0 Å². The lowest BCUT2D eigenvalue weighted by Crippen LogP contribution is -2.30. The molecular formula is C15H30O2. The molecule has 2 heteroatoms. The first-order chi connectivity index (χ1) is 7.93. The molecule has 0 amide bonds. The molecule has 0 aromatic heterocycles. The lowest BCUT2D eigenvalue weighted by Gasteiger charge is -2.28. The third-order valence-electron chi connectivity index (χ3n) is 3.15. The molecule has 0 N–H and O–H groups in total. The Morgan fingerprint density at radius 2 is 1.71 bits per heavy atom. The van der Waals surface area contributed by atoms with E-state index in [1.807, 2.05) is 0 Å². The summed E-state index contributed by atoms with van der Waals surface area (Å²) in [6, 6.07) is 0. The quantitative estimate of drug-likeness (QED) is 0.460. The summed E-state index contributed by atoms with van der Waals surface area (Å²) < 4.78 is 5.39. The number of rotatable bonds is 8. The molecule has 0 aliphatic carbocycles. The van der Waals surface area contributed by atoms with E-state index in [0.717, 1.165) is 25.7 Å². The highest BCUT2D eigenvalue weighted by Gasteiger charge is 2.31. The molecule has 0 saturated carbocycles. The summed E-state index contributed by atoms with van der Waals surface area (Å²) in [5.41, 5.74) is 0.0104. The summed E-state index contributed by atoms with van der Waals surface area (Å²) in [6.45, 7) is 11.2. The Bertz CT molecular complexity index is 203. The minimum absolute atomic E-state index is 0.00384. The summed E-state index contributed by atoms with van der Waals surface area (Å²) in [5.74, 6) is 0.0366. The molecule has 0 heterocycles. The first-order valence-electron chi connectivity index (χ1n) is 7.10. The van der Waals surface area contributed by atoms with Crippen LogP contribution in [-0.2, 0) is 9.53 Å². The van der Waals surface area contributed by atoms with Crippen LogP contribution in [-0.4, -0.2) is 12.6 Å². The van der Waals surface area contributed by atoms with Crippen molar-refractivity contribution in [1.29, 1.82) is 0 Å². The SMILES string of the molecule is CCCCCCOC(=O)C(CCC)C(C)(C)C. The number of carbonyl (C=O) groups excluding carboxylic acids is 1. The van der Waals surface area contributed by atoms with E-state index in [9.17, 15) is 4.79 Å². The average molecular weight is 242 g/mol. The Morgan fingerprint density at radius 3 is 2.18 bits per heavy atom. The van der Waals surface area contributed by atoms with Crippen LogP contribution < -0.4 is 0 Å². The first-order valence-corrected chi connectivity index (χ1v) is 7.10. The van der Waals surface area contributed by atoms with Crippen molar-refractivity contribution in [1.82, 2.24) is 0 Å². The summed E-state index contributed by atoms with van der Waals surface area (Å²) in [4.78, 5) is 12.0. The van der Waals surface area contributed by atoms with Crippen LogP contribution in [0.25, 0.3) is 0 Å². The highest BCUT2D eigenvalue weighted by molar-refractivity contribution is 5.73. The zero-order chi connectivity index (χ0) is 13.3. The van der Waals surface area contributed by atoms with Gasteiger partial charge in [-0.1, -0.05) is 60.3 Å². The first kappa shape index (κ1) is 16.5. The molecule has 0 aromatic rings. The minimum Gasteiger partial charge on any atom is -0.465 e. The van der Waals surface area contributed by atoms with E-state index >= 15 is 0 Å². The van der Waals surface area contributed by atoms with Gasteiger partial charge in [-0.05, 0) is 18.3 Å². The monoisotopic (exact) mass is 242 g/mol. The van der Waals surface area contributed by atoms with Crippen LogP contribution in [0.1, 0.15) is 73.1 Å². The topological polar surface area (TPSA) is 26.3 Å². The number of hydrogen-bond acceptors (Lipinski definition) is 2. The third kappa shape index (κ3) is 7.40. The molecule has 0 radical (unpaired) electrons. The molecule has 0 saturated heterocycles. The normalized spacial score (nSPS) is 13.5. The second-order valence-electron chi connectivity index (χ2n) is 5.94. The summed E-state index contributed by atoms with van der Waals surface area (Å²) in [6.07, 6.45) is 6.58. The third-order valence-corrected chi connectivity index (χ3v) is 3.15. The Balaban J connectivity index is 3.99. The lowest BCUT2D eigenvalue weighted by atomic mass is 9.78. The van der Waals surface area contributed by atoms with Crippen molar-refractivity contribution in [3.05, 3.63) is 0 Å². The van der Waals surface area contributed by atoms with Crippen molar-refractivity contribution in [2.75, 3.05) is 6.61 Å². The van der Waals surface area contributed by atoms with Gasteiger partial charge in [0.1, 0.15) is 0 Å². The van der Waals surface area contributed by atoms with Crippen LogP contribution in [0.5, 0.6) is 0 Å². The van der Waals surface area contributed by atoms with E-state index in [1.165, 1.54) is 12.8 Å². The van der Waals surface area contributed by atoms with Gasteiger partial charge < -0.3 is 4.74 Å². The van der Waals surface area contributed by atoms with E-state index in [2.05, 4.69) is 34.6 Å². The van der Waals surface area contributed by atoms with E-state index in [0.29, 0.717) is 6.61 Å². The van der Waals surface area contributed by atoms with Crippen LogP contribution in [0, 0.1) is 11.3 Å². The zero-order valence-electron chi connectivity index (χ0n) is 12.3. The molecule has 1 unspecified atom stereocenters. The van der Waals surface area contributed by atoms with Gasteiger partial charge in [0.15, 0.2) is 0 Å². The maximum absolute atomic E-state index is 12.0.